The number of aliphatic hydroxyl groups is 2. The molecule has 1 aliphatic heterocycles. The standard InChI is InChI=1S/C8H17NO2.C2H6/c1-7-5-8(11,3-4-10)6-9(7)2;1-2/h7,10-11H,3-6H2,1-2H3;1-2H3. The van der Waals surface area contributed by atoms with Gasteiger partial charge in [0.1, 0.15) is 0 Å². The average Bonchev–Trinajstić information content (AvgIpc) is 2.30. The zero-order valence-electron chi connectivity index (χ0n) is 9.25. The van der Waals surface area contributed by atoms with E-state index in [0.717, 1.165) is 6.42 Å². The Kier molecular flexibility index (Phi) is 5.53. The molecule has 1 rings (SSSR count). The van der Waals surface area contributed by atoms with E-state index in [4.69, 9.17) is 5.11 Å². The molecule has 0 aromatic rings. The second-order valence-corrected chi connectivity index (χ2v) is 3.67. The van der Waals surface area contributed by atoms with Gasteiger partial charge < -0.3 is 15.1 Å². The molecular formula is C10H23NO2. The van der Waals surface area contributed by atoms with E-state index in [-0.39, 0.29) is 6.61 Å². The van der Waals surface area contributed by atoms with Gasteiger partial charge in [-0.15, -0.1) is 0 Å². The Hall–Kier alpha value is -0.120. The maximum Gasteiger partial charge on any atom is 0.0810 e. The molecule has 80 valence electrons. The summed E-state index contributed by atoms with van der Waals surface area (Å²) in [5.74, 6) is 0. The summed E-state index contributed by atoms with van der Waals surface area (Å²) in [6, 6.07) is 0.437. The second kappa shape index (κ2) is 5.58. The molecule has 1 heterocycles. The average molecular weight is 189 g/mol. The molecule has 13 heavy (non-hydrogen) atoms. The van der Waals surface area contributed by atoms with Gasteiger partial charge in [0.15, 0.2) is 0 Å². The molecule has 2 N–H and O–H groups in total. The maximum atomic E-state index is 9.83. The van der Waals surface area contributed by atoms with Gasteiger partial charge in [-0.25, -0.2) is 0 Å². The van der Waals surface area contributed by atoms with Gasteiger partial charge in [-0.2, -0.15) is 0 Å². The minimum Gasteiger partial charge on any atom is -0.396 e. The number of nitrogens with zero attached hydrogens (tertiary/aromatic N) is 1. The van der Waals surface area contributed by atoms with Crippen LogP contribution >= 0.6 is 0 Å². The molecule has 0 amide bonds. The van der Waals surface area contributed by atoms with Crippen LogP contribution < -0.4 is 0 Å². The van der Waals surface area contributed by atoms with Crippen LogP contribution in [0.2, 0.25) is 0 Å². The van der Waals surface area contributed by atoms with Crippen molar-refractivity contribution in [2.45, 2.75) is 45.3 Å². The SMILES string of the molecule is CC.CC1CC(O)(CCO)CN1C. The van der Waals surface area contributed by atoms with Crippen molar-refractivity contribution in [3.63, 3.8) is 0 Å². The van der Waals surface area contributed by atoms with Gasteiger partial charge in [0.2, 0.25) is 0 Å². The lowest BCUT2D eigenvalue weighted by molar-refractivity contribution is 0.0264. The lowest BCUT2D eigenvalue weighted by Gasteiger charge is -2.20. The van der Waals surface area contributed by atoms with Crippen LogP contribution in [0.3, 0.4) is 0 Å². The van der Waals surface area contributed by atoms with Crippen molar-refractivity contribution in [2.75, 3.05) is 20.2 Å². The monoisotopic (exact) mass is 189 g/mol. The number of rotatable bonds is 2. The number of β-amino-alcohol motifs (C(OH)–C–C–N with tert-alkyl or cyclic N) is 1. The molecule has 0 spiro atoms. The minimum atomic E-state index is -0.636. The van der Waals surface area contributed by atoms with Crippen molar-refractivity contribution in [1.29, 1.82) is 0 Å². The highest BCUT2D eigenvalue weighted by Gasteiger charge is 2.37. The van der Waals surface area contributed by atoms with Crippen LogP contribution in [0, 0.1) is 0 Å². The van der Waals surface area contributed by atoms with Gasteiger partial charge in [-0.3, -0.25) is 0 Å². The predicted molar refractivity (Wildman–Crippen MR) is 54.7 cm³/mol. The van der Waals surface area contributed by atoms with Crippen molar-refractivity contribution in [1.82, 2.24) is 4.90 Å². The Bertz CT molecular complexity index is 129. The van der Waals surface area contributed by atoms with Gasteiger partial charge in [0.25, 0.3) is 0 Å². The van der Waals surface area contributed by atoms with Gasteiger partial charge in [0.05, 0.1) is 5.60 Å². The third-order valence-electron chi connectivity index (χ3n) is 2.55. The van der Waals surface area contributed by atoms with Crippen LogP contribution in [0.4, 0.5) is 0 Å². The lowest BCUT2D eigenvalue weighted by atomic mass is 9.97. The molecule has 2 atom stereocenters. The second-order valence-electron chi connectivity index (χ2n) is 3.67. The molecule has 1 fully saturated rings. The molecular weight excluding hydrogens is 166 g/mol. The molecule has 0 radical (unpaired) electrons. The Morgan fingerprint density at radius 2 is 2.00 bits per heavy atom. The molecule has 1 saturated heterocycles. The van der Waals surface area contributed by atoms with E-state index in [1.807, 2.05) is 20.9 Å². The van der Waals surface area contributed by atoms with Crippen molar-refractivity contribution in [2.24, 2.45) is 0 Å². The Labute approximate surface area is 81.4 Å². The summed E-state index contributed by atoms with van der Waals surface area (Å²) in [5, 5.41) is 18.5. The fourth-order valence-electron chi connectivity index (χ4n) is 1.78. The summed E-state index contributed by atoms with van der Waals surface area (Å²) < 4.78 is 0. The largest absolute Gasteiger partial charge is 0.396 e. The van der Waals surface area contributed by atoms with E-state index < -0.39 is 5.60 Å². The summed E-state index contributed by atoms with van der Waals surface area (Å²) in [7, 11) is 2.00. The van der Waals surface area contributed by atoms with E-state index in [1.165, 1.54) is 0 Å². The first kappa shape index (κ1) is 12.9. The van der Waals surface area contributed by atoms with Crippen LogP contribution in [0.15, 0.2) is 0 Å². The highest BCUT2D eigenvalue weighted by molar-refractivity contribution is 4.92. The number of hydrogen-bond donors (Lipinski definition) is 2. The zero-order valence-corrected chi connectivity index (χ0v) is 9.25. The number of aliphatic hydroxyl groups excluding tert-OH is 1. The highest BCUT2D eigenvalue weighted by Crippen LogP contribution is 2.27. The van der Waals surface area contributed by atoms with E-state index in [9.17, 15) is 5.11 Å². The molecule has 0 aromatic heterocycles. The van der Waals surface area contributed by atoms with Gasteiger partial charge in [-0.05, 0) is 20.4 Å². The van der Waals surface area contributed by atoms with Gasteiger partial charge in [0, 0.05) is 25.6 Å². The van der Waals surface area contributed by atoms with Crippen LogP contribution in [0.1, 0.15) is 33.6 Å². The topological polar surface area (TPSA) is 43.7 Å². The van der Waals surface area contributed by atoms with Crippen LogP contribution in [-0.2, 0) is 0 Å². The quantitative estimate of drug-likeness (QED) is 0.677. The van der Waals surface area contributed by atoms with E-state index in [1.54, 1.807) is 0 Å². The summed E-state index contributed by atoms with van der Waals surface area (Å²) >= 11 is 0. The first-order chi connectivity index (χ1) is 6.07. The summed E-state index contributed by atoms with van der Waals surface area (Å²) in [4.78, 5) is 2.12. The zero-order chi connectivity index (χ0) is 10.5. The molecule has 3 heteroatoms. The maximum absolute atomic E-state index is 9.83. The molecule has 1 aliphatic rings. The molecule has 0 bridgehead atoms. The predicted octanol–water partition coefficient (Wildman–Crippen LogP) is 0.850. The third-order valence-corrected chi connectivity index (χ3v) is 2.55. The van der Waals surface area contributed by atoms with E-state index in [0.29, 0.717) is 19.0 Å². The van der Waals surface area contributed by atoms with Crippen molar-refractivity contribution >= 4 is 0 Å². The first-order valence-corrected chi connectivity index (χ1v) is 5.11. The Balaban J connectivity index is 0.000000671. The fourth-order valence-corrected chi connectivity index (χ4v) is 1.78. The van der Waals surface area contributed by atoms with Gasteiger partial charge in [-0.1, -0.05) is 13.8 Å². The normalized spacial score (nSPS) is 34.2. The summed E-state index contributed by atoms with van der Waals surface area (Å²) in [6.45, 7) is 6.86. The van der Waals surface area contributed by atoms with Crippen LogP contribution in [0.25, 0.3) is 0 Å². The van der Waals surface area contributed by atoms with Crippen LogP contribution in [0.5, 0.6) is 0 Å². The molecule has 0 aromatic carbocycles. The number of likely N-dealkylation sites (tertiary alicyclic amines) is 1. The third kappa shape index (κ3) is 3.63. The highest BCUT2D eigenvalue weighted by atomic mass is 16.3. The number of hydrogen-bond acceptors (Lipinski definition) is 3. The van der Waals surface area contributed by atoms with Crippen molar-refractivity contribution < 1.29 is 10.2 Å². The fraction of sp³-hybridized carbons (Fsp3) is 1.00. The Morgan fingerprint density at radius 1 is 1.46 bits per heavy atom. The van der Waals surface area contributed by atoms with Crippen molar-refractivity contribution in [3.05, 3.63) is 0 Å². The van der Waals surface area contributed by atoms with E-state index in [2.05, 4.69) is 11.8 Å². The number of likely N-dealkylation sites (N-methyl/N-ethyl adjacent to an activating group) is 1. The van der Waals surface area contributed by atoms with Crippen LogP contribution in [-0.4, -0.2) is 47.0 Å². The molecule has 0 aliphatic carbocycles. The smallest absolute Gasteiger partial charge is 0.0810 e. The molecule has 2 unspecified atom stereocenters. The first-order valence-electron chi connectivity index (χ1n) is 5.11. The lowest BCUT2D eigenvalue weighted by Crippen LogP contribution is -2.32. The molecule has 3 nitrogen and oxygen atoms in total. The Morgan fingerprint density at radius 3 is 2.31 bits per heavy atom. The van der Waals surface area contributed by atoms with E-state index >= 15 is 0 Å². The summed E-state index contributed by atoms with van der Waals surface area (Å²) in [5.41, 5.74) is -0.636. The van der Waals surface area contributed by atoms with Gasteiger partial charge >= 0.3 is 0 Å². The minimum absolute atomic E-state index is 0.0804. The molecule has 0 saturated carbocycles. The van der Waals surface area contributed by atoms with Crippen molar-refractivity contribution in [3.8, 4) is 0 Å². The summed E-state index contributed by atoms with van der Waals surface area (Å²) in [6.07, 6.45) is 1.28.